The predicted octanol–water partition coefficient (Wildman–Crippen LogP) is 4.66. The van der Waals surface area contributed by atoms with E-state index in [1.54, 1.807) is 7.11 Å². The summed E-state index contributed by atoms with van der Waals surface area (Å²) in [5.74, 6) is 0.792. The lowest BCUT2D eigenvalue weighted by atomic mass is 10.2. The molecule has 3 nitrogen and oxygen atoms in total. The third-order valence-electron chi connectivity index (χ3n) is 3.37. The van der Waals surface area contributed by atoms with Gasteiger partial charge in [0.05, 0.1) is 23.8 Å². The Hall–Kier alpha value is -1.78. The minimum absolute atomic E-state index is 0.638. The first kappa shape index (κ1) is 13.2. The van der Waals surface area contributed by atoms with E-state index in [0.717, 1.165) is 33.1 Å². The van der Waals surface area contributed by atoms with Crippen LogP contribution < -0.4 is 4.74 Å². The minimum atomic E-state index is 0.638. The number of hydrogen-bond donors (Lipinski definition) is 1. The number of H-pyrrole nitrogens is 1. The molecular formula is C15H13ClN2OS. The summed E-state index contributed by atoms with van der Waals surface area (Å²) in [6.45, 7) is 1.98. The molecular weight excluding hydrogens is 292 g/mol. The highest BCUT2D eigenvalue weighted by atomic mass is 35.5. The first-order valence-electron chi connectivity index (χ1n) is 6.16. The van der Waals surface area contributed by atoms with Crippen LogP contribution in [-0.2, 0) is 0 Å². The third-order valence-corrected chi connectivity index (χ3v) is 4.06. The number of ether oxygens (including phenoxy) is 1. The van der Waals surface area contributed by atoms with E-state index in [9.17, 15) is 0 Å². The maximum absolute atomic E-state index is 6.21. The highest BCUT2D eigenvalue weighted by molar-refractivity contribution is 7.71. The van der Waals surface area contributed by atoms with Crippen LogP contribution in [0.4, 0.5) is 0 Å². The molecule has 5 heteroatoms. The van der Waals surface area contributed by atoms with Crippen LogP contribution in [0.2, 0.25) is 5.02 Å². The van der Waals surface area contributed by atoms with Gasteiger partial charge in [0.2, 0.25) is 0 Å². The largest absolute Gasteiger partial charge is 0.497 e. The number of aromatic nitrogens is 2. The van der Waals surface area contributed by atoms with Crippen LogP contribution in [-0.4, -0.2) is 16.7 Å². The summed E-state index contributed by atoms with van der Waals surface area (Å²) in [5.41, 5.74) is 3.91. The Morgan fingerprint density at radius 3 is 2.80 bits per heavy atom. The van der Waals surface area contributed by atoms with Crippen molar-refractivity contribution in [2.24, 2.45) is 0 Å². The molecule has 0 aliphatic rings. The summed E-state index contributed by atoms with van der Waals surface area (Å²) < 4.78 is 7.91. The average Bonchev–Trinajstić information content (AvgIpc) is 2.77. The van der Waals surface area contributed by atoms with E-state index in [2.05, 4.69) is 4.98 Å². The second-order valence-electron chi connectivity index (χ2n) is 4.53. The number of fused-ring (bicyclic) bond motifs is 1. The standard InChI is InChI=1S/C15H13ClN2OS/c1-9-11(16)4-3-5-13(9)18-14-8-10(19-2)6-7-12(14)17-15(18)20/h3-8H,1-2H3,(H,17,20). The molecule has 0 aliphatic heterocycles. The molecule has 1 heterocycles. The third kappa shape index (κ3) is 2.01. The number of aromatic amines is 1. The fraction of sp³-hybridized carbons (Fsp3) is 0.133. The molecule has 20 heavy (non-hydrogen) atoms. The van der Waals surface area contributed by atoms with Gasteiger partial charge in [-0.05, 0) is 49.0 Å². The summed E-state index contributed by atoms with van der Waals surface area (Å²) in [4.78, 5) is 3.20. The summed E-state index contributed by atoms with van der Waals surface area (Å²) in [5, 5.41) is 0.724. The number of methoxy groups -OCH3 is 1. The summed E-state index contributed by atoms with van der Waals surface area (Å²) >= 11 is 11.7. The van der Waals surface area contributed by atoms with Crippen molar-refractivity contribution in [1.82, 2.24) is 9.55 Å². The van der Waals surface area contributed by atoms with E-state index in [1.165, 1.54) is 0 Å². The SMILES string of the molecule is COc1ccc2[nH]c(=S)n(-c3cccc(Cl)c3C)c2c1. The fourth-order valence-electron chi connectivity index (χ4n) is 2.29. The molecule has 0 fully saturated rings. The number of halogens is 1. The molecule has 2 aromatic carbocycles. The second-order valence-corrected chi connectivity index (χ2v) is 5.33. The van der Waals surface area contributed by atoms with Gasteiger partial charge in [-0.1, -0.05) is 17.7 Å². The van der Waals surface area contributed by atoms with Crippen LogP contribution in [0.1, 0.15) is 5.56 Å². The van der Waals surface area contributed by atoms with Gasteiger partial charge in [-0.25, -0.2) is 0 Å². The number of nitrogens with one attached hydrogen (secondary N) is 1. The normalized spacial score (nSPS) is 10.9. The van der Waals surface area contributed by atoms with Crippen molar-refractivity contribution in [3.05, 3.63) is 51.8 Å². The van der Waals surface area contributed by atoms with E-state index in [-0.39, 0.29) is 0 Å². The van der Waals surface area contributed by atoms with Crippen LogP contribution >= 0.6 is 23.8 Å². The van der Waals surface area contributed by atoms with E-state index in [4.69, 9.17) is 28.6 Å². The molecule has 0 aliphatic carbocycles. The lowest BCUT2D eigenvalue weighted by molar-refractivity contribution is 0.415. The average molecular weight is 305 g/mol. The molecule has 0 spiro atoms. The molecule has 0 bridgehead atoms. The number of rotatable bonds is 2. The topological polar surface area (TPSA) is 29.9 Å². The molecule has 3 rings (SSSR count). The van der Waals surface area contributed by atoms with Crippen molar-refractivity contribution in [2.45, 2.75) is 6.92 Å². The molecule has 0 atom stereocenters. The molecule has 3 aromatic rings. The zero-order chi connectivity index (χ0) is 14.3. The Bertz CT molecular complexity index is 851. The number of benzene rings is 2. The van der Waals surface area contributed by atoms with Crippen LogP contribution in [0.3, 0.4) is 0 Å². The van der Waals surface area contributed by atoms with Gasteiger partial charge in [-0.3, -0.25) is 4.57 Å². The Balaban J connectivity index is 2.38. The van der Waals surface area contributed by atoms with Gasteiger partial charge in [0.15, 0.2) is 4.77 Å². The van der Waals surface area contributed by atoms with Gasteiger partial charge in [0, 0.05) is 11.1 Å². The zero-order valence-corrected chi connectivity index (χ0v) is 12.7. The maximum Gasteiger partial charge on any atom is 0.182 e. The molecule has 0 amide bonds. The lowest BCUT2D eigenvalue weighted by Gasteiger charge is -2.10. The Labute approximate surface area is 126 Å². The van der Waals surface area contributed by atoms with Gasteiger partial charge in [-0.15, -0.1) is 0 Å². The van der Waals surface area contributed by atoms with Gasteiger partial charge in [-0.2, -0.15) is 0 Å². The first-order valence-corrected chi connectivity index (χ1v) is 6.94. The van der Waals surface area contributed by atoms with Crippen molar-refractivity contribution in [3.8, 4) is 11.4 Å². The zero-order valence-electron chi connectivity index (χ0n) is 11.1. The number of imidazole rings is 1. The van der Waals surface area contributed by atoms with E-state index < -0.39 is 0 Å². The van der Waals surface area contributed by atoms with Crippen molar-refractivity contribution in [1.29, 1.82) is 0 Å². The van der Waals surface area contributed by atoms with Gasteiger partial charge in [0.1, 0.15) is 5.75 Å². The van der Waals surface area contributed by atoms with E-state index in [0.29, 0.717) is 4.77 Å². The molecule has 0 unspecified atom stereocenters. The molecule has 1 N–H and O–H groups in total. The summed E-state index contributed by atoms with van der Waals surface area (Å²) in [6, 6.07) is 11.6. The predicted molar refractivity (Wildman–Crippen MR) is 84.8 cm³/mol. The van der Waals surface area contributed by atoms with Crippen LogP contribution in [0, 0.1) is 11.7 Å². The molecule has 1 aromatic heterocycles. The quantitative estimate of drug-likeness (QED) is 0.698. The highest BCUT2D eigenvalue weighted by Crippen LogP contribution is 2.28. The van der Waals surface area contributed by atoms with Crippen molar-refractivity contribution >= 4 is 34.9 Å². The minimum Gasteiger partial charge on any atom is -0.497 e. The number of hydrogen-bond acceptors (Lipinski definition) is 2. The maximum atomic E-state index is 6.21. The fourth-order valence-corrected chi connectivity index (χ4v) is 2.76. The second kappa shape index (κ2) is 4.96. The van der Waals surface area contributed by atoms with E-state index >= 15 is 0 Å². The first-order chi connectivity index (χ1) is 9.61. The lowest BCUT2D eigenvalue weighted by Crippen LogP contribution is -1.97. The van der Waals surface area contributed by atoms with Crippen molar-refractivity contribution < 1.29 is 4.74 Å². The monoisotopic (exact) mass is 304 g/mol. The summed E-state index contributed by atoms with van der Waals surface area (Å²) in [7, 11) is 1.65. The molecule has 0 saturated carbocycles. The smallest absolute Gasteiger partial charge is 0.182 e. The van der Waals surface area contributed by atoms with Gasteiger partial charge < -0.3 is 9.72 Å². The van der Waals surface area contributed by atoms with E-state index in [1.807, 2.05) is 47.9 Å². The Kier molecular flexibility index (Phi) is 3.28. The Morgan fingerprint density at radius 1 is 1.25 bits per heavy atom. The molecule has 0 radical (unpaired) electrons. The van der Waals surface area contributed by atoms with Gasteiger partial charge >= 0.3 is 0 Å². The van der Waals surface area contributed by atoms with Crippen LogP contribution in [0.25, 0.3) is 16.7 Å². The van der Waals surface area contributed by atoms with Crippen LogP contribution in [0.15, 0.2) is 36.4 Å². The van der Waals surface area contributed by atoms with Crippen molar-refractivity contribution in [3.63, 3.8) is 0 Å². The van der Waals surface area contributed by atoms with Crippen LogP contribution in [0.5, 0.6) is 5.75 Å². The molecule has 0 saturated heterocycles. The number of nitrogens with zero attached hydrogens (tertiary/aromatic N) is 1. The summed E-state index contributed by atoms with van der Waals surface area (Å²) in [6.07, 6.45) is 0. The molecule has 102 valence electrons. The van der Waals surface area contributed by atoms with Crippen molar-refractivity contribution in [2.75, 3.05) is 7.11 Å². The highest BCUT2D eigenvalue weighted by Gasteiger charge is 2.11. The van der Waals surface area contributed by atoms with Gasteiger partial charge in [0.25, 0.3) is 0 Å². The Morgan fingerprint density at radius 2 is 2.05 bits per heavy atom.